The van der Waals surface area contributed by atoms with Crippen molar-refractivity contribution >= 4 is 28.6 Å². The summed E-state index contributed by atoms with van der Waals surface area (Å²) in [5, 5.41) is 4.26. The molecule has 0 spiro atoms. The molecular weight excluding hydrogens is 350 g/mol. The third kappa shape index (κ3) is 2.50. The second-order valence-electron chi connectivity index (χ2n) is 6.46. The fraction of sp³-hybridized carbons (Fsp3) is 0.250. The van der Waals surface area contributed by atoms with Crippen LogP contribution >= 0.6 is 22.7 Å². The maximum absolute atomic E-state index is 13.2. The quantitative estimate of drug-likeness (QED) is 0.611. The van der Waals surface area contributed by atoms with E-state index >= 15 is 0 Å². The van der Waals surface area contributed by atoms with Crippen LogP contribution in [0.4, 0.5) is 0 Å². The summed E-state index contributed by atoms with van der Waals surface area (Å²) in [6, 6.07) is 12.5. The van der Waals surface area contributed by atoms with Crippen molar-refractivity contribution in [1.29, 1.82) is 0 Å². The monoisotopic (exact) mass is 367 g/mol. The van der Waals surface area contributed by atoms with E-state index in [4.69, 9.17) is 4.74 Å². The van der Waals surface area contributed by atoms with Crippen molar-refractivity contribution in [3.63, 3.8) is 0 Å². The lowest BCUT2D eigenvalue weighted by Crippen LogP contribution is -2.29. The lowest BCUT2D eigenvalue weighted by Gasteiger charge is -2.23. The van der Waals surface area contributed by atoms with Gasteiger partial charge >= 0.3 is 0 Å². The molecule has 5 heteroatoms. The predicted molar refractivity (Wildman–Crippen MR) is 101 cm³/mol. The average molecular weight is 367 g/mol. The Bertz CT molecular complexity index is 929. The summed E-state index contributed by atoms with van der Waals surface area (Å²) in [7, 11) is 0. The third-order valence-electron chi connectivity index (χ3n) is 4.98. The van der Waals surface area contributed by atoms with Gasteiger partial charge in [0.15, 0.2) is 0 Å². The van der Waals surface area contributed by atoms with Gasteiger partial charge in [0.2, 0.25) is 0 Å². The minimum Gasteiger partial charge on any atom is -0.488 e. The van der Waals surface area contributed by atoms with Crippen LogP contribution in [0, 0.1) is 0 Å². The van der Waals surface area contributed by atoms with Gasteiger partial charge in [-0.15, -0.1) is 11.3 Å². The molecule has 0 radical (unpaired) electrons. The highest BCUT2D eigenvalue weighted by atomic mass is 32.1. The molecule has 2 aromatic heterocycles. The van der Waals surface area contributed by atoms with Gasteiger partial charge in [-0.2, -0.15) is 11.3 Å². The van der Waals surface area contributed by atoms with E-state index in [1.54, 1.807) is 22.7 Å². The second kappa shape index (κ2) is 6.00. The SMILES string of the molecule is O=C(c1cc2c(s1)-c1ccccc1OC2)N1CCCC1c1ccsc1. The maximum Gasteiger partial charge on any atom is 0.264 e. The number of carbonyl (C=O) groups excluding carboxylic acids is 1. The van der Waals surface area contributed by atoms with Crippen LogP contribution in [0.5, 0.6) is 5.75 Å². The molecule has 0 N–H and O–H groups in total. The van der Waals surface area contributed by atoms with E-state index in [-0.39, 0.29) is 11.9 Å². The van der Waals surface area contributed by atoms with Gasteiger partial charge in [-0.05, 0) is 53.4 Å². The Kier molecular flexibility index (Phi) is 3.64. The van der Waals surface area contributed by atoms with Gasteiger partial charge in [-0.3, -0.25) is 4.79 Å². The highest BCUT2D eigenvalue weighted by molar-refractivity contribution is 7.17. The molecule has 126 valence electrons. The number of benzene rings is 1. The van der Waals surface area contributed by atoms with Gasteiger partial charge in [0.25, 0.3) is 5.91 Å². The van der Waals surface area contributed by atoms with E-state index in [9.17, 15) is 4.79 Å². The number of carbonyl (C=O) groups is 1. The number of rotatable bonds is 2. The highest BCUT2D eigenvalue weighted by Crippen LogP contribution is 2.43. The number of likely N-dealkylation sites (tertiary alicyclic amines) is 1. The topological polar surface area (TPSA) is 29.5 Å². The maximum atomic E-state index is 13.2. The second-order valence-corrected chi connectivity index (χ2v) is 8.30. The highest BCUT2D eigenvalue weighted by Gasteiger charge is 2.32. The van der Waals surface area contributed by atoms with Crippen molar-refractivity contribution in [3.8, 4) is 16.2 Å². The summed E-state index contributed by atoms with van der Waals surface area (Å²) in [4.78, 5) is 17.2. The Morgan fingerprint density at radius 1 is 1.24 bits per heavy atom. The molecule has 0 bridgehead atoms. The number of ether oxygens (including phenoxy) is 1. The van der Waals surface area contributed by atoms with Gasteiger partial charge in [0.1, 0.15) is 12.4 Å². The molecule has 1 amide bonds. The van der Waals surface area contributed by atoms with Gasteiger partial charge in [0.05, 0.1) is 10.9 Å². The minimum atomic E-state index is 0.158. The molecule has 3 aromatic rings. The summed E-state index contributed by atoms with van der Waals surface area (Å²) in [6.45, 7) is 1.39. The molecule has 2 aliphatic rings. The first kappa shape index (κ1) is 15.2. The fourth-order valence-corrected chi connectivity index (χ4v) is 5.63. The van der Waals surface area contributed by atoms with Crippen molar-refractivity contribution in [1.82, 2.24) is 4.90 Å². The molecule has 1 atom stereocenters. The van der Waals surface area contributed by atoms with Crippen molar-refractivity contribution in [2.24, 2.45) is 0 Å². The summed E-state index contributed by atoms with van der Waals surface area (Å²) in [5.41, 5.74) is 3.49. The van der Waals surface area contributed by atoms with E-state index < -0.39 is 0 Å². The molecule has 2 aliphatic heterocycles. The molecular formula is C20H17NO2S2. The minimum absolute atomic E-state index is 0.158. The van der Waals surface area contributed by atoms with Crippen LogP contribution in [0.2, 0.25) is 0 Å². The van der Waals surface area contributed by atoms with Gasteiger partial charge < -0.3 is 9.64 Å². The van der Waals surface area contributed by atoms with Crippen molar-refractivity contribution < 1.29 is 9.53 Å². The van der Waals surface area contributed by atoms with Crippen molar-refractivity contribution in [2.45, 2.75) is 25.5 Å². The van der Waals surface area contributed by atoms with E-state index in [1.807, 2.05) is 29.2 Å². The molecule has 1 unspecified atom stereocenters. The lowest BCUT2D eigenvalue weighted by atomic mass is 10.1. The largest absolute Gasteiger partial charge is 0.488 e. The van der Waals surface area contributed by atoms with E-state index in [0.29, 0.717) is 6.61 Å². The van der Waals surface area contributed by atoms with Crippen molar-refractivity contribution in [3.05, 3.63) is 63.2 Å². The Labute approximate surface area is 154 Å². The molecule has 1 saturated heterocycles. The Morgan fingerprint density at radius 2 is 2.16 bits per heavy atom. The first-order valence-electron chi connectivity index (χ1n) is 8.49. The predicted octanol–water partition coefficient (Wildman–Crippen LogP) is 5.35. The zero-order valence-electron chi connectivity index (χ0n) is 13.6. The van der Waals surface area contributed by atoms with Gasteiger partial charge in [-0.25, -0.2) is 0 Å². The fourth-order valence-electron chi connectivity index (χ4n) is 3.77. The van der Waals surface area contributed by atoms with Gasteiger partial charge in [0, 0.05) is 22.5 Å². The number of fused-ring (bicyclic) bond motifs is 3. The van der Waals surface area contributed by atoms with E-state index in [0.717, 1.165) is 41.1 Å². The van der Waals surface area contributed by atoms with Crippen LogP contribution in [-0.4, -0.2) is 17.4 Å². The molecule has 3 nitrogen and oxygen atoms in total. The molecule has 0 aliphatic carbocycles. The van der Waals surface area contributed by atoms with Crippen LogP contribution in [-0.2, 0) is 6.61 Å². The molecule has 4 heterocycles. The smallest absolute Gasteiger partial charge is 0.264 e. The molecule has 1 aromatic carbocycles. The first-order chi connectivity index (χ1) is 12.3. The van der Waals surface area contributed by atoms with E-state index in [1.165, 1.54) is 10.4 Å². The standard InChI is InChI=1S/C20H17NO2S2/c22-20(21-8-3-5-16(21)13-7-9-24-12-13)18-10-14-11-23-17-6-2-1-4-15(17)19(14)25-18/h1-2,4,6-7,9-10,12,16H,3,5,8,11H2. The number of amides is 1. The number of hydrogen-bond acceptors (Lipinski definition) is 4. The Balaban J connectivity index is 1.49. The first-order valence-corrected chi connectivity index (χ1v) is 10.2. The Hall–Kier alpha value is -2.11. The number of hydrogen-bond donors (Lipinski definition) is 0. The van der Waals surface area contributed by atoms with Crippen LogP contribution in [0.15, 0.2) is 47.2 Å². The average Bonchev–Trinajstić information content (AvgIpc) is 3.40. The summed E-state index contributed by atoms with van der Waals surface area (Å²) >= 11 is 3.30. The third-order valence-corrected chi connectivity index (χ3v) is 6.88. The summed E-state index contributed by atoms with van der Waals surface area (Å²) < 4.78 is 5.83. The zero-order valence-corrected chi connectivity index (χ0v) is 15.2. The lowest BCUT2D eigenvalue weighted by molar-refractivity contribution is 0.0740. The van der Waals surface area contributed by atoms with E-state index in [2.05, 4.69) is 22.9 Å². The normalized spacial score (nSPS) is 18.6. The van der Waals surface area contributed by atoms with Crippen LogP contribution in [0.25, 0.3) is 10.4 Å². The number of nitrogens with zero attached hydrogens (tertiary/aromatic N) is 1. The molecule has 0 saturated carbocycles. The molecule has 25 heavy (non-hydrogen) atoms. The zero-order chi connectivity index (χ0) is 16.8. The van der Waals surface area contributed by atoms with Crippen LogP contribution in [0.1, 0.15) is 39.7 Å². The van der Waals surface area contributed by atoms with Crippen molar-refractivity contribution in [2.75, 3.05) is 6.54 Å². The Morgan fingerprint density at radius 3 is 3.04 bits per heavy atom. The number of thiophene rings is 2. The molecule has 5 rings (SSSR count). The summed E-state index contributed by atoms with van der Waals surface area (Å²) in [5.74, 6) is 1.07. The van der Waals surface area contributed by atoms with Crippen LogP contribution < -0.4 is 4.74 Å². The van der Waals surface area contributed by atoms with Gasteiger partial charge in [-0.1, -0.05) is 12.1 Å². The number of para-hydroxylation sites is 1. The molecule has 1 fully saturated rings. The van der Waals surface area contributed by atoms with Crippen LogP contribution in [0.3, 0.4) is 0 Å². The summed E-state index contributed by atoms with van der Waals surface area (Å²) in [6.07, 6.45) is 2.13.